The fourth-order valence-electron chi connectivity index (χ4n) is 3.88. The van der Waals surface area contributed by atoms with Crippen molar-refractivity contribution in [2.75, 3.05) is 0 Å². The van der Waals surface area contributed by atoms with Crippen molar-refractivity contribution < 1.29 is 19.1 Å². The Morgan fingerprint density at radius 2 is 1.24 bits per heavy atom. The van der Waals surface area contributed by atoms with Crippen molar-refractivity contribution in [3.05, 3.63) is 94.5 Å². The predicted molar refractivity (Wildman–Crippen MR) is 131 cm³/mol. The molecule has 0 aromatic heterocycles. The van der Waals surface area contributed by atoms with Crippen LogP contribution in [0.4, 0.5) is 0 Å². The fourth-order valence-corrected chi connectivity index (χ4v) is 3.88. The zero-order valence-electron chi connectivity index (χ0n) is 20.1. The number of rotatable bonds is 7. The lowest BCUT2D eigenvalue weighted by molar-refractivity contribution is 0.0679. The third-order valence-electron chi connectivity index (χ3n) is 5.51. The number of hydrogen-bond donors (Lipinski definition) is 0. The number of carbonyl (C=O) groups is 2. The quantitative estimate of drug-likeness (QED) is 0.293. The molecule has 33 heavy (non-hydrogen) atoms. The van der Waals surface area contributed by atoms with E-state index >= 15 is 0 Å². The first-order valence-electron chi connectivity index (χ1n) is 11.5. The number of carbonyl (C=O) groups excluding carboxylic acids is 2. The number of hydrogen-bond acceptors (Lipinski definition) is 4. The molecule has 0 fully saturated rings. The molecule has 3 rings (SSSR count). The van der Waals surface area contributed by atoms with Crippen molar-refractivity contribution in [1.29, 1.82) is 0 Å². The molecular weight excluding hydrogens is 412 g/mol. The summed E-state index contributed by atoms with van der Waals surface area (Å²) in [6.45, 7) is 10.5. The Labute approximate surface area is 196 Å². The zero-order valence-corrected chi connectivity index (χ0v) is 20.1. The second-order valence-corrected chi connectivity index (χ2v) is 9.08. The van der Waals surface area contributed by atoms with Crippen LogP contribution in [0.1, 0.15) is 78.4 Å². The molecule has 0 saturated carbocycles. The third-order valence-corrected chi connectivity index (χ3v) is 5.51. The van der Waals surface area contributed by atoms with E-state index in [0.29, 0.717) is 35.5 Å². The first-order chi connectivity index (χ1) is 15.8. The number of aryl methyl sites for hydroxylation is 1. The van der Waals surface area contributed by atoms with E-state index in [4.69, 9.17) is 9.47 Å². The van der Waals surface area contributed by atoms with Crippen molar-refractivity contribution >= 4 is 11.9 Å². The molecule has 4 heteroatoms. The van der Waals surface area contributed by atoms with E-state index in [0.717, 1.165) is 23.1 Å². The van der Waals surface area contributed by atoms with Gasteiger partial charge in [-0.1, -0.05) is 83.5 Å². The number of benzene rings is 3. The van der Waals surface area contributed by atoms with Gasteiger partial charge in [-0.15, -0.1) is 0 Å². The van der Waals surface area contributed by atoms with Gasteiger partial charge in [-0.3, -0.25) is 0 Å². The summed E-state index contributed by atoms with van der Waals surface area (Å²) >= 11 is 0. The van der Waals surface area contributed by atoms with Crippen LogP contribution >= 0.6 is 0 Å². The largest absolute Gasteiger partial charge is 0.419 e. The highest BCUT2D eigenvalue weighted by Gasteiger charge is 2.29. The van der Waals surface area contributed by atoms with Crippen LogP contribution in [-0.4, -0.2) is 11.9 Å². The highest BCUT2D eigenvalue weighted by atomic mass is 16.6. The van der Waals surface area contributed by atoms with Crippen LogP contribution in [0.15, 0.2) is 66.7 Å². The van der Waals surface area contributed by atoms with Gasteiger partial charge in [-0.05, 0) is 53.6 Å². The van der Waals surface area contributed by atoms with Gasteiger partial charge in [0.1, 0.15) is 0 Å². The summed E-state index contributed by atoms with van der Waals surface area (Å²) in [5, 5.41) is 0. The summed E-state index contributed by atoms with van der Waals surface area (Å²) in [4.78, 5) is 26.1. The molecule has 0 bridgehead atoms. The van der Waals surface area contributed by atoms with Crippen LogP contribution in [0, 0.1) is 0 Å². The molecule has 0 atom stereocenters. The van der Waals surface area contributed by atoms with E-state index < -0.39 is 11.9 Å². The molecule has 0 aliphatic rings. The molecule has 0 amide bonds. The zero-order chi connectivity index (χ0) is 24.0. The monoisotopic (exact) mass is 444 g/mol. The average Bonchev–Trinajstić information content (AvgIpc) is 2.81. The first kappa shape index (κ1) is 24.2. The molecule has 3 aromatic carbocycles. The highest BCUT2D eigenvalue weighted by Crippen LogP contribution is 2.43. The molecule has 0 radical (unpaired) electrons. The fraction of sp³-hybridized carbons (Fsp3) is 0.310. The van der Waals surface area contributed by atoms with E-state index in [-0.39, 0.29) is 5.41 Å². The highest BCUT2D eigenvalue weighted by molar-refractivity contribution is 5.93. The molecule has 172 valence electrons. The summed E-state index contributed by atoms with van der Waals surface area (Å²) < 4.78 is 11.9. The van der Waals surface area contributed by atoms with Gasteiger partial charge in [0.25, 0.3) is 0 Å². The van der Waals surface area contributed by atoms with Gasteiger partial charge in [0.05, 0.1) is 11.1 Å². The lowest BCUT2D eigenvalue weighted by Crippen LogP contribution is -2.20. The Morgan fingerprint density at radius 1 is 0.758 bits per heavy atom. The summed E-state index contributed by atoms with van der Waals surface area (Å²) in [6, 6.07) is 19.8. The normalized spacial score (nSPS) is 11.2. The Balaban J connectivity index is 2.19. The van der Waals surface area contributed by atoms with Crippen molar-refractivity contribution in [3.8, 4) is 11.5 Å². The Morgan fingerprint density at radius 3 is 1.67 bits per heavy atom. The van der Waals surface area contributed by atoms with Gasteiger partial charge < -0.3 is 9.47 Å². The van der Waals surface area contributed by atoms with Gasteiger partial charge in [0.15, 0.2) is 11.5 Å². The smallest absolute Gasteiger partial charge is 0.343 e. The minimum atomic E-state index is -0.476. The van der Waals surface area contributed by atoms with Crippen LogP contribution in [0.5, 0.6) is 11.5 Å². The maximum atomic E-state index is 13.1. The van der Waals surface area contributed by atoms with Crippen LogP contribution in [0.2, 0.25) is 0 Å². The minimum absolute atomic E-state index is 0.177. The topological polar surface area (TPSA) is 52.6 Å². The molecule has 0 spiro atoms. The third kappa shape index (κ3) is 5.70. The van der Waals surface area contributed by atoms with E-state index in [1.54, 1.807) is 48.5 Å². The molecule has 0 aliphatic heterocycles. The van der Waals surface area contributed by atoms with Gasteiger partial charge in [-0.25, -0.2) is 9.59 Å². The minimum Gasteiger partial charge on any atom is -0.419 e. The Hall–Kier alpha value is -3.40. The Kier molecular flexibility index (Phi) is 7.70. The molecule has 0 unspecified atom stereocenters. The molecule has 4 nitrogen and oxygen atoms in total. The van der Waals surface area contributed by atoms with E-state index in [1.165, 1.54) is 0 Å². The summed E-state index contributed by atoms with van der Waals surface area (Å²) in [5.74, 6) is -0.280. The predicted octanol–water partition coefficient (Wildman–Crippen LogP) is 6.94. The lowest BCUT2D eigenvalue weighted by atomic mass is 9.81. The average molecular weight is 445 g/mol. The second kappa shape index (κ2) is 10.5. The maximum Gasteiger partial charge on any atom is 0.343 e. The van der Waals surface area contributed by atoms with E-state index in [2.05, 4.69) is 33.8 Å². The van der Waals surface area contributed by atoms with Crippen molar-refractivity contribution in [2.45, 2.75) is 59.3 Å². The van der Waals surface area contributed by atoms with Gasteiger partial charge in [0, 0.05) is 5.56 Å². The molecule has 0 heterocycles. The van der Waals surface area contributed by atoms with Gasteiger partial charge in [0.2, 0.25) is 0 Å². The van der Waals surface area contributed by atoms with Gasteiger partial charge in [-0.2, -0.15) is 0 Å². The SMILES string of the molecule is CCCc1cc(C(C)(C)C)c(CC)c(OC(=O)c2ccccc2)c1OC(=O)c1ccccc1. The van der Waals surface area contributed by atoms with Crippen molar-refractivity contribution in [2.24, 2.45) is 0 Å². The van der Waals surface area contributed by atoms with E-state index in [1.807, 2.05) is 19.1 Å². The van der Waals surface area contributed by atoms with Crippen LogP contribution in [-0.2, 0) is 18.3 Å². The van der Waals surface area contributed by atoms with Crippen LogP contribution in [0.3, 0.4) is 0 Å². The van der Waals surface area contributed by atoms with Crippen molar-refractivity contribution in [3.63, 3.8) is 0 Å². The summed E-state index contributed by atoms with van der Waals surface area (Å²) in [7, 11) is 0. The summed E-state index contributed by atoms with van der Waals surface area (Å²) in [6.07, 6.45) is 2.18. The summed E-state index contributed by atoms with van der Waals surface area (Å²) in [5.41, 5.74) is 3.53. The number of ether oxygens (including phenoxy) is 2. The Bertz CT molecular complexity index is 1110. The molecule has 0 N–H and O–H groups in total. The van der Waals surface area contributed by atoms with Crippen molar-refractivity contribution in [1.82, 2.24) is 0 Å². The lowest BCUT2D eigenvalue weighted by Gasteiger charge is -2.27. The molecule has 0 saturated heterocycles. The van der Waals surface area contributed by atoms with Crippen LogP contribution in [0.25, 0.3) is 0 Å². The first-order valence-corrected chi connectivity index (χ1v) is 11.5. The second-order valence-electron chi connectivity index (χ2n) is 9.08. The number of esters is 2. The molecular formula is C29H32O4. The maximum absolute atomic E-state index is 13.1. The standard InChI is InChI=1S/C29H32O4/c1-6-14-22-19-24(29(3,4)5)23(7-2)26(33-28(31)21-17-12-9-13-18-21)25(22)32-27(30)20-15-10-8-11-16-20/h8-13,15-19H,6-7,14H2,1-5H3. The van der Waals surface area contributed by atoms with E-state index in [9.17, 15) is 9.59 Å². The van der Waals surface area contributed by atoms with Crippen LogP contribution < -0.4 is 9.47 Å². The van der Waals surface area contributed by atoms with Gasteiger partial charge >= 0.3 is 11.9 Å². The molecule has 3 aromatic rings. The molecule has 0 aliphatic carbocycles.